The van der Waals surface area contributed by atoms with Gasteiger partial charge in [0.1, 0.15) is 11.4 Å². The zero-order chi connectivity index (χ0) is 18.3. The molecule has 2 aromatic heterocycles. The lowest BCUT2D eigenvalue weighted by molar-refractivity contribution is 0.0510. The largest absolute Gasteiger partial charge is 0.461 e. The molecule has 0 saturated carbocycles. The second-order valence-electron chi connectivity index (χ2n) is 6.04. The maximum atomic E-state index is 12.1. The molecule has 6 heteroatoms. The highest BCUT2D eigenvalue weighted by Crippen LogP contribution is 2.34. The fourth-order valence-electron chi connectivity index (χ4n) is 3.38. The standard InChI is InChI=1S/C19H22N2O4/c1-6-24-18(22)16-9(3)12-8-13-14(10(4)15(12)21-16)11(5)17(20-13)19(23)25-7-2/h8,20-21H,6-7H2,1-5H3. The fourth-order valence-corrected chi connectivity index (χ4v) is 3.38. The van der Waals surface area contributed by atoms with Crippen molar-refractivity contribution in [2.24, 2.45) is 0 Å². The number of fused-ring (bicyclic) bond motifs is 2. The van der Waals surface area contributed by atoms with E-state index < -0.39 is 0 Å². The lowest BCUT2D eigenvalue weighted by Crippen LogP contribution is -2.06. The van der Waals surface area contributed by atoms with Gasteiger partial charge in [0.25, 0.3) is 0 Å². The number of aromatic nitrogens is 2. The van der Waals surface area contributed by atoms with E-state index in [-0.39, 0.29) is 11.9 Å². The molecule has 25 heavy (non-hydrogen) atoms. The monoisotopic (exact) mass is 342 g/mol. The first-order valence-electron chi connectivity index (χ1n) is 8.39. The van der Waals surface area contributed by atoms with Crippen LogP contribution in [-0.4, -0.2) is 35.1 Å². The maximum absolute atomic E-state index is 12.1. The Balaban J connectivity index is 2.25. The van der Waals surface area contributed by atoms with Crippen molar-refractivity contribution in [2.75, 3.05) is 13.2 Å². The first-order valence-corrected chi connectivity index (χ1v) is 8.39. The molecule has 3 aromatic rings. The summed E-state index contributed by atoms with van der Waals surface area (Å²) in [5, 5.41) is 1.90. The highest BCUT2D eigenvalue weighted by molar-refractivity contribution is 6.08. The van der Waals surface area contributed by atoms with E-state index in [4.69, 9.17) is 9.47 Å². The summed E-state index contributed by atoms with van der Waals surface area (Å²) in [4.78, 5) is 30.6. The number of hydrogen-bond acceptors (Lipinski definition) is 4. The number of H-pyrrole nitrogens is 2. The average molecular weight is 342 g/mol. The predicted octanol–water partition coefficient (Wildman–Crippen LogP) is 3.93. The van der Waals surface area contributed by atoms with Crippen LogP contribution in [-0.2, 0) is 9.47 Å². The molecule has 0 bridgehead atoms. The van der Waals surface area contributed by atoms with Crippen molar-refractivity contribution in [3.8, 4) is 0 Å². The second-order valence-corrected chi connectivity index (χ2v) is 6.04. The van der Waals surface area contributed by atoms with Crippen LogP contribution in [0.3, 0.4) is 0 Å². The van der Waals surface area contributed by atoms with Crippen molar-refractivity contribution in [1.29, 1.82) is 0 Å². The number of carbonyl (C=O) groups is 2. The summed E-state index contributed by atoms with van der Waals surface area (Å²) in [6, 6.07) is 1.96. The van der Waals surface area contributed by atoms with E-state index in [9.17, 15) is 9.59 Å². The van der Waals surface area contributed by atoms with Crippen LogP contribution in [0.2, 0.25) is 0 Å². The van der Waals surface area contributed by atoms with E-state index in [1.807, 2.05) is 26.8 Å². The number of nitrogens with one attached hydrogen (secondary N) is 2. The lowest BCUT2D eigenvalue weighted by atomic mass is 10.0. The van der Waals surface area contributed by atoms with E-state index >= 15 is 0 Å². The van der Waals surface area contributed by atoms with E-state index in [2.05, 4.69) is 9.97 Å². The summed E-state index contributed by atoms with van der Waals surface area (Å²) in [5.74, 6) is -0.716. The van der Waals surface area contributed by atoms with Crippen molar-refractivity contribution >= 4 is 33.7 Å². The molecule has 132 valence electrons. The van der Waals surface area contributed by atoms with Gasteiger partial charge in [-0.05, 0) is 57.4 Å². The predicted molar refractivity (Wildman–Crippen MR) is 96.3 cm³/mol. The molecule has 6 nitrogen and oxygen atoms in total. The van der Waals surface area contributed by atoms with Crippen LogP contribution < -0.4 is 0 Å². The van der Waals surface area contributed by atoms with Gasteiger partial charge in [-0.15, -0.1) is 0 Å². The summed E-state index contributed by atoms with van der Waals surface area (Å²) in [7, 11) is 0. The van der Waals surface area contributed by atoms with Gasteiger partial charge in [0.15, 0.2) is 0 Å². The number of aryl methyl sites for hydroxylation is 3. The minimum absolute atomic E-state index is 0.329. The number of esters is 2. The third-order valence-electron chi connectivity index (χ3n) is 4.58. The Labute approximate surface area is 145 Å². The van der Waals surface area contributed by atoms with Gasteiger partial charge in [0.2, 0.25) is 0 Å². The molecule has 0 aliphatic rings. The molecule has 0 radical (unpaired) electrons. The lowest BCUT2D eigenvalue weighted by Gasteiger charge is -2.02. The summed E-state index contributed by atoms with van der Waals surface area (Å²) in [6.45, 7) is 9.98. The first-order chi connectivity index (χ1) is 11.9. The SMILES string of the molecule is CCOC(=O)c1[nH]c2c(C)c3c(C)c(C(=O)OCC)[nH]c3cc2c1C. The Hall–Kier alpha value is -2.76. The van der Waals surface area contributed by atoms with E-state index in [0.29, 0.717) is 24.6 Å². The van der Waals surface area contributed by atoms with E-state index in [0.717, 1.165) is 38.5 Å². The van der Waals surface area contributed by atoms with Crippen molar-refractivity contribution < 1.29 is 19.1 Å². The number of aromatic amines is 2. The summed E-state index contributed by atoms with van der Waals surface area (Å²) < 4.78 is 10.2. The molecule has 0 saturated heterocycles. The van der Waals surface area contributed by atoms with E-state index in [1.165, 1.54) is 0 Å². The highest BCUT2D eigenvalue weighted by Gasteiger charge is 2.22. The molecule has 0 amide bonds. The molecule has 0 spiro atoms. The molecule has 3 rings (SSSR count). The number of benzene rings is 1. The van der Waals surface area contributed by atoms with Crippen LogP contribution >= 0.6 is 0 Å². The molecule has 0 aliphatic carbocycles. The van der Waals surface area contributed by atoms with Crippen LogP contribution in [0.1, 0.15) is 51.5 Å². The quantitative estimate of drug-likeness (QED) is 0.704. The molecule has 0 fully saturated rings. The normalized spacial score (nSPS) is 11.2. The second kappa shape index (κ2) is 6.27. The number of hydrogen-bond donors (Lipinski definition) is 2. The van der Waals surface area contributed by atoms with Crippen LogP contribution in [0.5, 0.6) is 0 Å². The van der Waals surface area contributed by atoms with Crippen LogP contribution in [0.15, 0.2) is 6.07 Å². The van der Waals surface area contributed by atoms with Crippen LogP contribution in [0.25, 0.3) is 21.8 Å². The zero-order valence-electron chi connectivity index (χ0n) is 15.1. The van der Waals surface area contributed by atoms with Gasteiger partial charge in [0, 0.05) is 16.3 Å². The zero-order valence-corrected chi connectivity index (χ0v) is 15.1. The van der Waals surface area contributed by atoms with Gasteiger partial charge in [0.05, 0.1) is 18.7 Å². The Bertz CT molecular complexity index is 978. The summed E-state index contributed by atoms with van der Waals surface area (Å²) in [6.07, 6.45) is 0. The molecule has 0 aliphatic heterocycles. The summed E-state index contributed by atoms with van der Waals surface area (Å²) in [5.41, 5.74) is 5.33. The highest BCUT2D eigenvalue weighted by atomic mass is 16.5. The van der Waals surface area contributed by atoms with Gasteiger partial charge in [-0.3, -0.25) is 0 Å². The minimum atomic E-state index is -0.358. The minimum Gasteiger partial charge on any atom is -0.461 e. The molecule has 0 atom stereocenters. The average Bonchev–Trinajstić information content (AvgIpc) is 3.07. The number of carbonyl (C=O) groups excluding carboxylic acids is 2. The van der Waals surface area contributed by atoms with Crippen molar-refractivity contribution in [3.63, 3.8) is 0 Å². The topological polar surface area (TPSA) is 84.2 Å². The fraction of sp³-hybridized carbons (Fsp3) is 0.368. The van der Waals surface area contributed by atoms with Gasteiger partial charge < -0.3 is 19.4 Å². The van der Waals surface area contributed by atoms with Gasteiger partial charge in [-0.25, -0.2) is 9.59 Å². The molecular formula is C19H22N2O4. The Kier molecular flexibility index (Phi) is 4.29. The molecular weight excluding hydrogens is 320 g/mol. The molecule has 0 unspecified atom stereocenters. The molecule has 2 heterocycles. The maximum Gasteiger partial charge on any atom is 0.355 e. The number of rotatable bonds is 4. The number of ether oxygens (including phenoxy) is 2. The van der Waals surface area contributed by atoms with Gasteiger partial charge in [-0.2, -0.15) is 0 Å². The Morgan fingerprint density at radius 1 is 0.880 bits per heavy atom. The molecule has 1 aromatic carbocycles. The third-order valence-corrected chi connectivity index (χ3v) is 4.58. The Morgan fingerprint density at radius 3 is 2.00 bits per heavy atom. The first kappa shape index (κ1) is 17.1. The van der Waals surface area contributed by atoms with E-state index in [1.54, 1.807) is 13.8 Å². The van der Waals surface area contributed by atoms with Crippen molar-refractivity contribution in [3.05, 3.63) is 34.1 Å². The smallest absolute Gasteiger partial charge is 0.355 e. The van der Waals surface area contributed by atoms with Crippen molar-refractivity contribution in [1.82, 2.24) is 9.97 Å². The van der Waals surface area contributed by atoms with Crippen LogP contribution in [0, 0.1) is 20.8 Å². The third kappa shape index (κ3) is 2.58. The Morgan fingerprint density at radius 2 is 1.44 bits per heavy atom. The van der Waals surface area contributed by atoms with Gasteiger partial charge >= 0.3 is 11.9 Å². The van der Waals surface area contributed by atoms with Crippen LogP contribution in [0.4, 0.5) is 0 Å². The summed E-state index contributed by atoms with van der Waals surface area (Å²) >= 11 is 0. The molecule has 2 N–H and O–H groups in total. The van der Waals surface area contributed by atoms with Gasteiger partial charge in [-0.1, -0.05) is 0 Å². The van der Waals surface area contributed by atoms with Crippen molar-refractivity contribution in [2.45, 2.75) is 34.6 Å².